The zero-order chi connectivity index (χ0) is 14.8. The lowest BCUT2D eigenvalue weighted by molar-refractivity contribution is -0.126. The lowest BCUT2D eigenvalue weighted by atomic mass is 10.1. The van der Waals surface area contributed by atoms with E-state index in [1.54, 1.807) is 7.11 Å². The van der Waals surface area contributed by atoms with E-state index < -0.39 is 0 Å². The third-order valence-electron chi connectivity index (χ3n) is 4.11. The summed E-state index contributed by atoms with van der Waals surface area (Å²) in [6, 6.07) is 5.67. The monoisotopic (exact) mass is 324 g/mol. The second kappa shape index (κ2) is 7.03. The van der Waals surface area contributed by atoms with Crippen LogP contribution in [0.15, 0.2) is 23.8 Å². The minimum absolute atomic E-state index is 0. The standard InChI is InChI=1S/C16H20N2O3.ClH/c1-20-14-4-2-3-12-7-13(10-21-15(12)14)16(19)18-6-5-11(8-17)9-18;/h2-4,7,11H,5-6,8-10,17H2,1H3;1H. The van der Waals surface area contributed by atoms with Crippen LogP contribution in [-0.4, -0.2) is 44.2 Å². The molecule has 2 aliphatic rings. The Morgan fingerprint density at radius 2 is 2.32 bits per heavy atom. The van der Waals surface area contributed by atoms with E-state index in [1.807, 2.05) is 29.2 Å². The SMILES string of the molecule is COc1cccc2c1OCC(C(=O)N1CCC(CN)C1)=C2.Cl. The van der Waals surface area contributed by atoms with Gasteiger partial charge in [-0.3, -0.25) is 4.79 Å². The van der Waals surface area contributed by atoms with E-state index in [9.17, 15) is 4.79 Å². The molecule has 22 heavy (non-hydrogen) atoms. The Morgan fingerprint density at radius 3 is 3.00 bits per heavy atom. The van der Waals surface area contributed by atoms with Crippen molar-refractivity contribution in [1.29, 1.82) is 0 Å². The van der Waals surface area contributed by atoms with Crippen LogP contribution in [-0.2, 0) is 4.79 Å². The Kier molecular flexibility index (Phi) is 5.32. The summed E-state index contributed by atoms with van der Waals surface area (Å²) in [4.78, 5) is 14.4. The van der Waals surface area contributed by atoms with Gasteiger partial charge >= 0.3 is 0 Å². The molecule has 0 aromatic heterocycles. The summed E-state index contributed by atoms with van der Waals surface area (Å²) in [7, 11) is 1.61. The molecule has 3 rings (SSSR count). The maximum atomic E-state index is 12.5. The molecule has 0 radical (unpaired) electrons. The highest BCUT2D eigenvalue weighted by atomic mass is 35.5. The van der Waals surface area contributed by atoms with Crippen LogP contribution in [0.1, 0.15) is 12.0 Å². The van der Waals surface area contributed by atoms with Gasteiger partial charge in [0, 0.05) is 18.7 Å². The average Bonchev–Trinajstić information content (AvgIpc) is 3.02. The van der Waals surface area contributed by atoms with Crippen LogP contribution in [0.4, 0.5) is 0 Å². The molecule has 2 heterocycles. The van der Waals surface area contributed by atoms with Crippen LogP contribution < -0.4 is 15.2 Å². The first kappa shape index (κ1) is 16.6. The fourth-order valence-electron chi connectivity index (χ4n) is 2.88. The summed E-state index contributed by atoms with van der Waals surface area (Å²) in [6.07, 6.45) is 2.89. The predicted molar refractivity (Wildman–Crippen MR) is 87.5 cm³/mol. The third-order valence-corrected chi connectivity index (χ3v) is 4.11. The van der Waals surface area contributed by atoms with Crippen LogP contribution >= 0.6 is 12.4 Å². The van der Waals surface area contributed by atoms with Gasteiger partial charge < -0.3 is 20.1 Å². The molecule has 0 aliphatic carbocycles. The van der Waals surface area contributed by atoms with Crippen molar-refractivity contribution < 1.29 is 14.3 Å². The van der Waals surface area contributed by atoms with Gasteiger partial charge in [0.1, 0.15) is 6.61 Å². The summed E-state index contributed by atoms with van der Waals surface area (Å²) < 4.78 is 11.0. The first-order chi connectivity index (χ1) is 10.2. The largest absolute Gasteiger partial charge is 0.493 e. The smallest absolute Gasteiger partial charge is 0.253 e. The number of fused-ring (bicyclic) bond motifs is 1. The molecule has 1 aromatic rings. The number of rotatable bonds is 3. The highest BCUT2D eigenvalue weighted by Crippen LogP contribution is 2.36. The number of benzene rings is 1. The van der Waals surface area contributed by atoms with Crippen molar-refractivity contribution in [2.75, 3.05) is 33.4 Å². The number of halogens is 1. The van der Waals surface area contributed by atoms with Crippen molar-refractivity contribution in [1.82, 2.24) is 4.90 Å². The number of methoxy groups -OCH3 is 1. The van der Waals surface area contributed by atoms with Gasteiger partial charge in [-0.1, -0.05) is 12.1 Å². The average molecular weight is 325 g/mol. The molecule has 0 bridgehead atoms. The molecule has 1 saturated heterocycles. The number of carbonyl (C=O) groups excluding carboxylic acids is 1. The quantitative estimate of drug-likeness (QED) is 0.919. The Morgan fingerprint density at radius 1 is 1.50 bits per heavy atom. The van der Waals surface area contributed by atoms with Gasteiger partial charge in [0.2, 0.25) is 0 Å². The number of hydrogen-bond acceptors (Lipinski definition) is 4. The topological polar surface area (TPSA) is 64.8 Å². The molecule has 1 atom stereocenters. The summed E-state index contributed by atoms with van der Waals surface area (Å²) in [6.45, 7) is 2.45. The second-order valence-corrected chi connectivity index (χ2v) is 5.48. The van der Waals surface area contributed by atoms with Crippen molar-refractivity contribution in [2.24, 2.45) is 11.7 Å². The van der Waals surface area contributed by atoms with E-state index in [4.69, 9.17) is 15.2 Å². The van der Waals surface area contributed by atoms with Crippen molar-refractivity contribution in [3.8, 4) is 11.5 Å². The van der Waals surface area contributed by atoms with Gasteiger partial charge in [0.05, 0.1) is 12.7 Å². The molecule has 1 aromatic carbocycles. The van der Waals surface area contributed by atoms with Crippen molar-refractivity contribution in [3.05, 3.63) is 29.3 Å². The Balaban J connectivity index is 0.00000176. The molecular formula is C16H21ClN2O3. The number of likely N-dealkylation sites (tertiary alicyclic amines) is 1. The molecule has 1 amide bonds. The number of carbonyl (C=O) groups is 1. The maximum Gasteiger partial charge on any atom is 0.253 e. The molecule has 6 heteroatoms. The van der Waals surface area contributed by atoms with Crippen molar-refractivity contribution in [2.45, 2.75) is 6.42 Å². The van der Waals surface area contributed by atoms with E-state index >= 15 is 0 Å². The van der Waals surface area contributed by atoms with E-state index in [1.165, 1.54) is 0 Å². The molecule has 0 spiro atoms. The number of nitrogens with zero attached hydrogens (tertiary/aromatic N) is 1. The zero-order valence-electron chi connectivity index (χ0n) is 12.6. The maximum absolute atomic E-state index is 12.5. The minimum Gasteiger partial charge on any atom is -0.493 e. The first-order valence-electron chi connectivity index (χ1n) is 7.22. The van der Waals surface area contributed by atoms with Crippen molar-refractivity contribution >= 4 is 24.4 Å². The first-order valence-corrected chi connectivity index (χ1v) is 7.22. The number of amides is 1. The van der Waals surface area contributed by atoms with Gasteiger partial charge in [0.25, 0.3) is 5.91 Å². The summed E-state index contributed by atoms with van der Waals surface area (Å²) in [5.41, 5.74) is 7.25. The fraction of sp³-hybridized carbons (Fsp3) is 0.438. The summed E-state index contributed by atoms with van der Waals surface area (Å²) in [5.74, 6) is 1.88. The molecule has 2 aliphatic heterocycles. The van der Waals surface area contributed by atoms with E-state index in [0.717, 1.165) is 25.1 Å². The van der Waals surface area contributed by atoms with E-state index in [2.05, 4.69) is 0 Å². The van der Waals surface area contributed by atoms with Gasteiger partial charge in [-0.2, -0.15) is 0 Å². The van der Waals surface area contributed by atoms with Crippen LogP contribution in [0.2, 0.25) is 0 Å². The third kappa shape index (κ3) is 3.05. The summed E-state index contributed by atoms with van der Waals surface area (Å²) >= 11 is 0. The zero-order valence-corrected chi connectivity index (χ0v) is 13.4. The van der Waals surface area contributed by atoms with E-state index in [-0.39, 0.29) is 24.9 Å². The Labute approximate surface area is 136 Å². The Hall–Kier alpha value is -1.72. The second-order valence-electron chi connectivity index (χ2n) is 5.48. The highest BCUT2D eigenvalue weighted by molar-refractivity contribution is 5.99. The highest BCUT2D eigenvalue weighted by Gasteiger charge is 2.29. The van der Waals surface area contributed by atoms with Gasteiger partial charge in [0.15, 0.2) is 11.5 Å². The van der Waals surface area contributed by atoms with Crippen LogP contribution in [0.25, 0.3) is 6.08 Å². The number of nitrogens with two attached hydrogens (primary N) is 1. The van der Waals surface area contributed by atoms with Crippen LogP contribution in [0.3, 0.4) is 0 Å². The molecule has 120 valence electrons. The molecule has 5 nitrogen and oxygen atoms in total. The predicted octanol–water partition coefficient (Wildman–Crippen LogP) is 1.70. The van der Waals surface area contributed by atoms with Crippen molar-refractivity contribution in [3.63, 3.8) is 0 Å². The molecule has 2 N–H and O–H groups in total. The normalized spacial score (nSPS) is 19.6. The van der Waals surface area contributed by atoms with E-state index in [0.29, 0.717) is 29.5 Å². The lowest BCUT2D eigenvalue weighted by Crippen LogP contribution is -2.33. The minimum atomic E-state index is 0. The van der Waals surface area contributed by atoms with Gasteiger partial charge in [-0.05, 0) is 31.0 Å². The summed E-state index contributed by atoms with van der Waals surface area (Å²) in [5, 5.41) is 0. The molecule has 1 unspecified atom stereocenters. The lowest BCUT2D eigenvalue weighted by Gasteiger charge is -2.23. The molecule has 1 fully saturated rings. The van der Waals surface area contributed by atoms with Gasteiger partial charge in [-0.15, -0.1) is 12.4 Å². The van der Waals surface area contributed by atoms with Crippen LogP contribution in [0.5, 0.6) is 11.5 Å². The fourth-order valence-corrected chi connectivity index (χ4v) is 2.88. The number of hydrogen-bond donors (Lipinski definition) is 1. The molecule has 0 saturated carbocycles. The Bertz CT molecular complexity index is 589. The molecular weight excluding hydrogens is 304 g/mol. The van der Waals surface area contributed by atoms with Crippen LogP contribution in [0, 0.1) is 5.92 Å². The van der Waals surface area contributed by atoms with Gasteiger partial charge in [-0.25, -0.2) is 0 Å². The number of ether oxygens (including phenoxy) is 2. The number of para-hydroxylation sites is 1.